The zero-order valence-electron chi connectivity index (χ0n) is 10.9. The van der Waals surface area contributed by atoms with E-state index in [-0.39, 0.29) is 5.91 Å². The van der Waals surface area contributed by atoms with Crippen molar-refractivity contribution in [2.45, 2.75) is 13.8 Å². The van der Waals surface area contributed by atoms with Crippen molar-refractivity contribution in [2.75, 3.05) is 0 Å². The predicted molar refractivity (Wildman–Crippen MR) is 79.7 cm³/mol. The molecule has 104 valence electrons. The maximum atomic E-state index is 11.9. The van der Waals surface area contributed by atoms with Crippen molar-refractivity contribution in [3.05, 3.63) is 57.0 Å². The van der Waals surface area contributed by atoms with Crippen molar-refractivity contribution in [2.24, 2.45) is 5.10 Å². The molecule has 0 saturated carbocycles. The van der Waals surface area contributed by atoms with Gasteiger partial charge in [0.05, 0.1) is 16.8 Å². The fourth-order valence-corrected chi connectivity index (χ4v) is 2.14. The van der Waals surface area contributed by atoms with Gasteiger partial charge in [0, 0.05) is 10.6 Å². The molecular weight excluding hydrogens is 299 g/mol. The maximum absolute atomic E-state index is 11.9. The van der Waals surface area contributed by atoms with Crippen molar-refractivity contribution in [1.29, 1.82) is 0 Å². The molecule has 0 bridgehead atoms. The van der Waals surface area contributed by atoms with E-state index in [1.807, 2.05) is 0 Å². The first-order chi connectivity index (χ1) is 9.47. The van der Waals surface area contributed by atoms with Crippen molar-refractivity contribution in [3.63, 3.8) is 0 Å². The SMILES string of the molecule is Cc1cc(C(=O)NN=Cc2ccc(Cl)cc2Cl)c(C)o1. The second-order valence-corrected chi connectivity index (χ2v) is 5.04. The molecule has 0 aliphatic heterocycles. The highest BCUT2D eigenvalue weighted by Gasteiger charge is 2.12. The highest BCUT2D eigenvalue weighted by atomic mass is 35.5. The first-order valence-corrected chi connectivity index (χ1v) is 6.58. The number of carbonyl (C=O) groups excluding carboxylic acids is 1. The summed E-state index contributed by atoms with van der Waals surface area (Å²) in [5, 5.41) is 4.87. The normalized spacial score (nSPS) is 11.0. The van der Waals surface area contributed by atoms with Crippen LogP contribution in [-0.4, -0.2) is 12.1 Å². The lowest BCUT2D eigenvalue weighted by Gasteiger charge is -1.99. The van der Waals surface area contributed by atoms with Crippen molar-refractivity contribution >= 4 is 35.3 Å². The summed E-state index contributed by atoms with van der Waals surface area (Å²) in [6.07, 6.45) is 1.46. The summed E-state index contributed by atoms with van der Waals surface area (Å²) in [7, 11) is 0. The quantitative estimate of drug-likeness (QED) is 0.689. The summed E-state index contributed by atoms with van der Waals surface area (Å²) >= 11 is 11.8. The van der Waals surface area contributed by atoms with Gasteiger partial charge in [0.2, 0.25) is 0 Å². The summed E-state index contributed by atoms with van der Waals surface area (Å²) in [5.41, 5.74) is 3.55. The number of nitrogens with zero attached hydrogens (tertiary/aromatic N) is 1. The molecule has 4 nitrogen and oxygen atoms in total. The van der Waals surface area contributed by atoms with Gasteiger partial charge < -0.3 is 4.42 Å². The van der Waals surface area contributed by atoms with E-state index < -0.39 is 0 Å². The molecule has 1 heterocycles. The van der Waals surface area contributed by atoms with Crippen LogP contribution in [0.4, 0.5) is 0 Å². The number of halogens is 2. The van der Waals surface area contributed by atoms with Gasteiger partial charge in [-0.15, -0.1) is 0 Å². The first kappa shape index (κ1) is 14.6. The fraction of sp³-hybridized carbons (Fsp3) is 0.143. The van der Waals surface area contributed by atoms with Gasteiger partial charge in [-0.2, -0.15) is 5.10 Å². The molecule has 0 unspecified atom stereocenters. The number of carbonyl (C=O) groups is 1. The van der Waals surface area contributed by atoms with Gasteiger partial charge in [0.25, 0.3) is 5.91 Å². The van der Waals surface area contributed by atoms with Gasteiger partial charge in [0.15, 0.2) is 0 Å². The molecule has 0 aliphatic carbocycles. The highest BCUT2D eigenvalue weighted by molar-refractivity contribution is 6.36. The second-order valence-electron chi connectivity index (χ2n) is 4.19. The van der Waals surface area contributed by atoms with Crippen LogP contribution in [0.2, 0.25) is 10.0 Å². The van der Waals surface area contributed by atoms with E-state index in [0.29, 0.717) is 32.7 Å². The van der Waals surface area contributed by atoms with Crippen molar-refractivity contribution in [3.8, 4) is 0 Å². The van der Waals surface area contributed by atoms with Crippen molar-refractivity contribution < 1.29 is 9.21 Å². The number of nitrogens with one attached hydrogen (secondary N) is 1. The van der Waals surface area contributed by atoms with Crippen LogP contribution in [0.3, 0.4) is 0 Å². The number of amides is 1. The molecule has 2 aromatic rings. The average Bonchev–Trinajstić information content (AvgIpc) is 2.71. The lowest BCUT2D eigenvalue weighted by atomic mass is 10.2. The van der Waals surface area contributed by atoms with Crippen LogP contribution in [0.5, 0.6) is 0 Å². The summed E-state index contributed by atoms with van der Waals surface area (Å²) in [6.45, 7) is 3.50. The number of aryl methyl sites for hydroxylation is 2. The Morgan fingerprint density at radius 1 is 1.30 bits per heavy atom. The Morgan fingerprint density at radius 2 is 2.05 bits per heavy atom. The van der Waals surface area contributed by atoms with Gasteiger partial charge in [0.1, 0.15) is 11.5 Å². The van der Waals surface area contributed by atoms with E-state index in [0.717, 1.165) is 0 Å². The average molecular weight is 311 g/mol. The summed E-state index contributed by atoms with van der Waals surface area (Å²) in [4.78, 5) is 11.9. The Labute approximate surface area is 126 Å². The highest BCUT2D eigenvalue weighted by Crippen LogP contribution is 2.19. The summed E-state index contributed by atoms with van der Waals surface area (Å²) in [6, 6.07) is 6.68. The zero-order valence-corrected chi connectivity index (χ0v) is 12.4. The molecule has 20 heavy (non-hydrogen) atoms. The Balaban J connectivity index is 2.06. The zero-order chi connectivity index (χ0) is 14.7. The molecule has 1 aromatic carbocycles. The molecule has 1 aromatic heterocycles. The van der Waals surface area contributed by atoms with E-state index in [1.165, 1.54) is 6.21 Å². The molecule has 1 amide bonds. The minimum absolute atomic E-state index is 0.333. The Morgan fingerprint density at radius 3 is 2.65 bits per heavy atom. The number of rotatable bonds is 3. The van der Waals surface area contributed by atoms with Crippen LogP contribution in [0, 0.1) is 13.8 Å². The predicted octanol–water partition coefficient (Wildman–Crippen LogP) is 3.97. The Kier molecular flexibility index (Phi) is 4.47. The standard InChI is InChI=1S/C14H12Cl2N2O2/c1-8-5-12(9(2)20-8)14(19)18-17-7-10-3-4-11(15)6-13(10)16/h3-7H,1-2H3,(H,18,19). The number of hydrazone groups is 1. The van der Waals surface area contributed by atoms with Crippen LogP contribution in [-0.2, 0) is 0 Å². The van der Waals surface area contributed by atoms with Crippen LogP contribution >= 0.6 is 23.2 Å². The largest absolute Gasteiger partial charge is 0.466 e. The van der Waals surface area contributed by atoms with Gasteiger partial charge >= 0.3 is 0 Å². The van der Waals surface area contributed by atoms with Crippen LogP contribution in [0.15, 0.2) is 33.8 Å². The molecule has 6 heteroatoms. The minimum Gasteiger partial charge on any atom is -0.466 e. The van der Waals surface area contributed by atoms with Crippen LogP contribution in [0.1, 0.15) is 27.4 Å². The second kappa shape index (κ2) is 6.11. The third-order valence-electron chi connectivity index (χ3n) is 2.62. The number of hydrogen-bond donors (Lipinski definition) is 1. The van der Waals surface area contributed by atoms with E-state index in [4.69, 9.17) is 27.6 Å². The fourth-order valence-electron chi connectivity index (χ4n) is 1.68. The third kappa shape index (κ3) is 3.40. The summed E-state index contributed by atoms with van der Waals surface area (Å²) in [5.74, 6) is 0.901. The van der Waals surface area contributed by atoms with E-state index in [1.54, 1.807) is 38.1 Å². The third-order valence-corrected chi connectivity index (χ3v) is 3.18. The molecule has 0 atom stereocenters. The topological polar surface area (TPSA) is 54.6 Å². The molecular formula is C14H12Cl2N2O2. The van der Waals surface area contributed by atoms with E-state index >= 15 is 0 Å². The van der Waals surface area contributed by atoms with Crippen molar-refractivity contribution in [1.82, 2.24) is 5.43 Å². The summed E-state index contributed by atoms with van der Waals surface area (Å²) < 4.78 is 5.28. The molecule has 0 aliphatic rings. The van der Waals surface area contributed by atoms with E-state index in [9.17, 15) is 4.79 Å². The molecule has 0 fully saturated rings. The van der Waals surface area contributed by atoms with Gasteiger partial charge in [-0.3, -0.25) is 4.79 Å². The van der Waals surface area contributed by atoms with Gasteiger partial charge in [-0.05, 0) is 32.0 Å². The molecule has 1 N–H and O–H groups in total. The molecule has 0 saturated heterocycles. The van der Waals surface area contributed by atoms with Crippen LogP contribution in [0.25, 0.3) is 0 Å². The number of furan rings is 1. The van der Waals surface area contributed by atoms with Crippen LogP contribution < -0.4 is 5.43 Å². The number of benzene rings is 1. The Bertz CT molecular complexity index is 678. The lowest BCUT2D eigenvalue weighted by molar-refractivity contribution is 0.0953. The van der Waals surface area contributed by atoms with E-state index in [2.05, 4.69) is 10.5 Å². The maximum Gasteiger partial charge on any atom is 0.274 e. The molecule has 0 spiro atoms. The lowest BCUT2D eigenvalue weighted by Crippen LogP contribution is -2.17. The van der Waals surface area contributed by atoms with Gasteiger partial charge in [-0.25, -0.2) is 5.43 Å². The smallest absolute Gasteiger partial charge is 0.274 e. The monoisotopic (exact) mass is 310 g/mol. The Hall–Kier alpha value is -1.78. The minimum atomic E-state index is -0.333. The number of hydrogen-bond acceptors (Lipinski definition) is 3. The first-order valence-electron chi connectivity index (χ1n) is 5.83. The molecule has 2 rings (SSSR count). The van der Waals surface area contributed by atoms with Gasteiger partial charge in [-0.1, -0.05) is 29.3 Å². The molecule has 0 radical (unpaired) electrons.